The first kappa shape index (κ1) is 14.0. The van der Waals surface area contributed by atoms with Gasteiger partial charge in [-0.3, -0.25) is 4.98 Å². The van der Waals surface area contributed by atoms with E-state index in [1.807, 2.05) is 26.0 Å². The van der Waals surface area contributed by atoms with Crippen LogP contribution >= 0.6 is 11.6 Å². The zero-order chi connectivity index (χ0) is 13.8. The lowest BCUT2D eigenvalue weighted by molar-refractivity contribution is 0.558. The van der Waals surface area contributed by atoms with Crippen LogP contribution in [0.3, 0.4) is 0 Å². The van der Waals surface area contributed by atoms with Crippen molar-refractivity contribution in [2.24, 2.45) is 0 Å². The molecule has 1 heterocycles. The largest absolute Gasteiger partial charge is 0.306 e. The number of hydrogen-bond donors (Lipinski definition) is 1. The molecule has 0 saturated heterocycles. The van der Waals surface area contributed by atoms with Gasteiger partial charge in [0.2, 0.25) is 0 Å². The molecule has 2 rings (SSSR count). The lowest BCUT2D eigenvalue weighted by Crippen LogP contribution is -2.23. The minimum Gasteiger partial charge on any atom is -0.306 e. The standard InChI is InChI=1S/C15H16ClFN2/c1-3-18-15(11-5-4-10(2)19-9-11)13-7-6-12(16)8-14(13)17/h4-9,15,18H,3H2,1-2H3. The molecule has 19 heavy (non-hydrogen) atoms. The lowest BCUT2D eigenvalue weighted by atomic mass is 9.99. The maximum atomic E-state index is 14.0. The summed E-state index contributed by atoms with van der Waals surface area (Å²) in [5.41, 5.74) is 2.46. The van der Waals surface area contributed by atoms with E-state index >= 15 is 0 Å². The SMILES string of the molecule is CCNC(c1ccc(C)nc1)c1ccc(Cl)cc1F. The van der Waals surface area contributed by atoms with Gasteiger partial charge in [-0.2, -0.15) is 0 Å². The van der Waals surface area contributed by atoms with E-state index in [4.69, 9.17) is 11.6 Å². The normalized spacial score (nSPS) is 12.4. The number of nitrogens with zero attached hydrogens (tertiary/aromatic N) is 1. The van der Waals surface area contributed by atoms with Crippen molar-refractivity contribution in [3.63, 3.8) is 0 Å². The van der Waals surface area contributed by atoms with Gasteiger partial charge in [0, 0.05) is 22.5 Å². The molecule has 0 aliphatic rings. The Hall–Kier alpha value is -1.45. The first-order valence-electron chi connectivity index (χ1n) is 6.22. The van der Waals surface area contributed by atoms with Crippen molar-refractivity contribution in [3.05, 3.63) is 64.2 Å². The minimum absolute atomic E-state index is 0.213. The number of rotatable bonds is 4. The van der Waals surface area contributed by atoms with Crippen LogP contribution in [0.2, 0.25) is 5.02 Å². The number of halogens is 2. The number of aryl methyl sites for hydroxylation is 1. The summed E-state index contributed by atoms with van der Waals surface area (Å²) in [5, 5.41) is 3.67. The Morgan fingerprint density at radius 1 is 1.32 bits per heavy atom. The number of pyridine rings is 1. The van der Waals surface area contributed by atoms with E-state index in [-0.39, 0.29) is 11.9 Å². The highest BCUT2D eigenvalue weighted by Gasteiger charge is 2.17. The second-order valence-electron chi connectivity index (χ2n) is 4.39. The molecular weight excluding hydrogens is 263 g/mol. The van der Waals surface area contributed by atoms with Gasteiger partial charge >= 0.3 is 0 Å². The zero-order valence-electron chi connectivity index (χ0n) is 11.0. The summed E-state index contributed by atoms with van der Waals surface area (Å²) in [7, 11) is 0. The highest BCUT2D eigenvalue weighted by molar-refractivity contribution is 6.30. The van der Waals surface area contributed by atoms with Gasteiger partial charge in [-0.15, -0.1) is 0 Å². The molecule has 1 atom stereocenters. The molecule has 1 aromatic carbocycles. The molecule has 2 nitrogen and oxygen atoms in total. The number of benzene rings is 1. The van der Waals surface area contributed by atoms with E-state index in [0.717, 1.165) is 17.8 Å². The zero-order valence-corrected chi connectivity index (χ0v) is 11.7. The van der Waals surface area contributed by atoms with E-state index in [1.54, 1.807) is 18.3 Å². The summed E-state index contributed by atoms with van der Waals surface area (Å²) in [4.78, 5) is 4.27. The Morgan fingerprint density at radius 3 is 2.68 bits per heavy atom. The maximum absolute atomic E-state index is 14.0. The molecule has 100 valence electrons. The predicted molar refractivity (Wildman–Crippen MR) is 75.9 cm³/mol. The van der Waals surface area contributed by atoms with Crippen LogP contribution in [0.5, 0.6) is 0 Å². The summed E-state index contributed by atoms with van der Waals surface area (Å²) in [6.45, 7) is 4.65. The summed E-state index contributed by atoms with van der Waals surface area (Å²) < 4.78 is 14.0. The van der Waals surface area contributed by atoms with Crippen molar-refractivity contribution in [1.29, 1.82) is 0 Å². The Bertz CT molecular complexity index is 555. The maximum Gasteiger partial charge on any atom is 0.129 e. The summed E-state index contributed by atoms with van der Waals surface area (Å²) >= 11 is 5.79. The van der Waals surface area contributed by atoms with E-state index in [2.05, 4.69) is 10.3 Å². The van der Waals surface area contributed by atoms with Crippen molar-refractivity contribution in [2.75, 3.05) is 6.54 Å². The van der Waals surface area contributed by atoms with Crippen molar-refractivity contribution in [3.8, 4) is 0 Å². The molecule has 1 unspecified atom stereocenters. The molecule has 0 bridgehead atoms. The Balaban J connectivity index is 2.41. The van der Waals surface area contributed by atoms with E-state index in [1.165, 1.54) is 6.07 Å². The van der Waals surface area contributed by atoms with Crippen molar-refractivity contribution in [2.45, 2.75) is 19.9 Å². The van der Waals surface area contributed by atoms with Crippen LogP contribution in [0.25, 0.3) is 0 Å². The van der Waals surface area contributed by atoms with Gasteiger partial charge in [-0.1, -0.05) is 30.7 Å². The monoisotopic (exact) mass is 278 g/mol. The van der Waals surface area contributed by atoms with Gasteiger partial charge in [0.1, 0.15) is 5.82 Å². The highest BCUT2D eigenvalue weighted by atomic mass is 35.5. The van der Waals surface area contributed by atoms with Crippen molar-refractivity contribution >= 4 is 11.6 Å². The fraction of sp³-hybridized carbons (Fsp3) is 0.267. The van der Waals surface area contributed by atoms with Gasteiger partial charge in [0.15, 0.2) is 0 Å². The van der Waals surface area contributed by atoms with Crippen LogP contribution in [-0.2, 0) is 0 Å². The first-order valence-corrected chi connectivity index (χ1v) is 6.60. The number of hydrogen-bond acceptors (Lipinski definition) is 2. The third-order valence-electron chi connectivity index (χ3n) is 2.95. The fourth-order valence-corrected chi connectivity index (χ4v) is 2.16. The summed E-state index contributed by atoms with van der Waals surface area (Å²) in [6, 6.07) is 8.42. The van der Waals surface area contributed by atoms with Gasteiger partial charge in [0.05, 0.1) is 6.04 Å². The molecule has 0 saturated carbocycles. The van der Waals surface area contributed by atoms with Crippen LogP contribution in [0.15, 0.2) is 36.5 Å². The second kappa shape index (κ2) is 6.13. The molecule has 2 aromatic rings. The molecule has 0 amide bonds. The summed E-state index contributed by atoms with van der Waals surface area (Å²) in [6.07, 6.45) is 1.77. The molecular formula is C15H16ClFN2. The van der Waals surface area contributed by atoms with Crippen LogP contribution < -0.4 is 5.32 Å². The van der Waals surface area contributed by atoms with Crippen LogP contribution in [0.4, 0.5) is 4.39 Å². The Kier molecular flexibility index (Phi) is 4.51. The number of nitrogens with one attached hydrogen (secondary N) is 1. The van der Waals surface area contributed by atoms with E-state index in [9.17, 15) is 4.39 Å². The third-order valence-corrected chi connectivity index (χ3v) is 3.18. The Labute approximate surface area is 117 Å². The molecule has 4 heteroatoms. The second-order valence-corrected chi connectivity index (χ2v) is 4.83. The average Bonchev–Trinajstić information content (AvgIpc) is 2.38. The molecule has 1 aromatic heterocycles. The molecule has 1 N–H and O–H groups in total. The highest BCUT2D eigenvalue weighted by Crippen LogP contribution is 2.26. The van der Waals surface area contributed by atoms with Gasteiger partial charge in [-0.25, -0.2) is 4.39 Å². The summed E-state index contributed by atoms with van der Waals surface area (Å²) in [5.74, 6) is -0.306. The smallest absolute Gasteiger partial charge is 0.129 e. The first-order chi connectivity index (χ1) is 9.11. The van der Waals surface area contributed by atoms with Crippen molar-refractivity contribution < 1.29 is 4.39 Å². The van der Waals surface area contributed by atoms with Gasteiger partial charge in [-0.05, 0) is 37.2 Å². The van der Waals surface area contributed by atoms with Gasteiger partial charge in [0.25, 0.3) is 0 Å². The number of aromatic nitrogens is 1. The fourth-order valence-electron chi connectivity index (χ4n) is 2.00. The van der Waals surface area contributed by atoms with Gasteiger partial charge < -0.3 is 5.32 Å². The Morgan fingerprint density at radius 2 is 2.11 bits per heavy atom. The molecule has 0 radical (unpaired) electrons. The third kappa shape index (κ3) is 3.31. The van der Waals surface area contributed by atoms with E-state index in [0.29, 0.717) is 10.6 Å². The van der Waals surface area contributed by atoms with E-state index < -0.39 is 0 Å². The molecule has 0 aliphatic heterocycles. The average molecular weight is 279 g/mol. The van der Waals surface area contributed by atoms with Crippen LogP contribution in [0, 0.1) is 12.7 Å². The lowest BCUT2D eigenvalue weighted by Gasteiger charge is -2.19. The van der Waals surface area contributed by atoms with Crippen LogP contribution in [0.1, 0.15) is 29.8 Å². The van der Waals surface area contributed by atoms with Crippen LogP contribution in [-0.4, -0.2) is 11.5 Å². The predicted octanol–water partition coefficient (Wildman–Crippen LogP) is 3.88. The minimum atomic E-state index is -0.306. The quantitative estimate of drug-likeness (QED) is 0.918. The topological polar surface area (TPSA) is 24.9 Å². The molecule has 0 aliphatic carbocycles. The molecule has 0 fully saturated rings. The van der Waals surface area contributed by atoms with Crippen molar-refractivity contribution in [1.82, 2.24) is 10.3 Å². The molecule has 0 spiro atoms.